The molecule has 2 aromatic carbocycles. The molecule has 0 aliphatic heterocycles. The first kappa shape index (κ1) is 13.7. The van der Waals surface area contributed by atoms with Crippen molar-refractivity contribution in [2.75, 3.05) is 22.1 Å². The number of nitrogens with one attached hydrogen (secondary N) is 2. The summed E-state index contributed by atoms with van der Waals surface area (Å²) in [5.74, 6) is 1.28. The molecule has 0 aliphatic rings. The van der Waals surface area contributed by atoms with Crippen molar-refractivity contribution in [1.29, 1.82) is 0 Å². The highest BCUT2D eigenvalue weighted by atomic mass is 15.1. The van der Waals surface area contributed by atoms with Crippen LogP contribution in [-0.4, -0.2) is 9.97 Å². The van der Waals surface area contributed by atoms with E-state index in [-0.39, 0.29) is 0 Å². The van der Waals surface area contributed by atoms with Gasteiger partial charge in [-0.1, -0.05) is 12.1 Å². The van der Waals surface area contributed by atoms with Crippen molar-refractivity contribution < 1.29 is 0 Å². The minimum absolute atomic E-state index is 0.642. The van der Waals surface area contributed by atoms with Gasteiger partial charge in [-0.15, -0.1) is 0 Å². The quantitative estimate of drug-likeness (QED) is 0.551. The SMILES string of the molecule is Nc1cccc(Nc2cnc(Nc3cccc(N)c3)cn2)c1. The molecule has 0 spiro atoms. The van der Waals surface area contributed by atoms with Crippen molar-refractivity contribution in [2.45, 2.75) is 0 Å². The maximum absolute atomic E-state index is 5.74. The molecule has 6 nitrogen and oxygen atoms in total. The van der Waals surface area contributed by atoms with E-state index in [1.54, 1.807) is 12.4 Å². The zero-order chi connectivity index (χ0) is 15.4. The molecule has 0 saturated heterocycles. The van der Waals surface area contributed by atoms with Crippen LogP contribution in [0.3, 0.4) is 0 Å². The van der Waals surface area contributed by atoms with E-state index < -0.39 is 0 Å². The van der Waals surface area contributed by atoms with Gasteiger partial charge in [0.1, 0.15) is 11.6 Å². The number of nitrogens with two attached hydrogens (primary N) is 2. The summed E-state index contributed by atoms with van der Waals surface area (Å²) in [6.07, 6.45) is 3.30. The van der Waals surface area contributed by atoms with Crippen LogP contribution in [-0.2, 0) is 0 Å². The first-order valence-electron chi connectivity index (χ1n) is 6.76. The topological polar surface area (TPSA) is 102 Å². The lowest BCUT2D eigenvalue weighted by atomic mass is 10.3. The number of benzene rings is 2. The Morgan fingerprint density at radius 3 is 1.50 bits per heavy atom. The molecule has 0 amide bonds. The molecule has 1 heterocycles. The molecule has 0 atom stereocenters. The van der Waals surface area contributed by atoms with Crippen LogP contribution in [0.25, 0.3) is 0 Å². The van der Waals surface area contributed by atoms with Gasteiger partial charge in [0.25, 0.3) is 0 Å². The number of hydrogen-bond acceptors (Lipinski definition) is 6. The fourth-order valence-corrected chi connectivity index (χ4v) is 1.99. The molecule has 0 radical (unpaired) electrons. The largest absolute Gasteiger partial charge is 0.399 e. The molecule has 110 valence electrons. The molecule has 0 saturated carbocycles. The summed E-state index contributed by atoms with van der Waals surface area (Å²) in [4.78, 5) is 8.63. The van der Waals surface area contributed by atoms with Gasteiger partial charge in [-0.05, 0) is 36.4 Å². The average molecular weight is 292 g/mol. The van der Waals surface area contributed by atoms with Crippen molar-refractivity contribution in [3.8, 4) is 0 Å². The summed E-state index contributed by atoms with van der Waals surface area (Å²) < 4.78 is 0. The fourth-order valence-electron chi connectivity index (χ4n) is 1.99. The predicted octanol–water partition coefficient (Wildman–Crippen LogP) is 3.13. The molecule has 22 heavy (non-hydrogen) atoms. The van der Waals surface area contributed by atoms with Gasteiger partial charge in [0, 0.05) is 22.7 Å². The summed E-state index contributed by atoms with van der Waals surface area (Å²) in [5, 5.41) is 6.29. The zero-order valence-electron chi connectivity index (χ0n) is 11.8. The average Bonchev–Trinajstić information content (AvgIpc) is 2.49. The van der Waals surface area contributed by atoms with Crippen LogP contribution in [0.4, 0.5) is 34.4 Å². The van der Waals surface area contributed by atoms with Crippen molar-refractivity contribution in [3.63, 3.8) is 0 Å². The van der Waals surface area contributed by atoms with Crippen LogP contribution in [0.1, 0.15) is 0 Å². The highest BCUT2D eigenvalue weighted by Crippen LogP contribution is 2.19. The van der Waals surface area contributed by atoms with Gasteiger partial charge < -0.3 is 22.1 Å². The fraction of sp³-hybridized carbons (Fsp3) is 0. The van der Waals surface area contributed by atoms with E-state index >= 15 is 0 Å². The summed E-state index contributed by atoms with van der Waals surface area (Å²) >= 11 is 0. The van der Waals surface area contributed by atoms with Crippen LogP contribution in [0.5, 0.6) is 0 Å². The Labute approximate surface area is 128 Å². The first-order chi connectivity index (χ1) is 10.7. The molecule has 0 aliphatic carbocycles. The Bertz CT molecular complexity index is 703. The lowest BCUT2D eigenvalue weighted by Crippen LogP contribution is -1.99. The van der Waals surface area contributed by atoms with Crippen molar-refractivity contribution in [2.24, 2.45) is 0 Å². The number of anilines is 6. The van der Waals surface area contributed by atoms with Crippen molar-refractivity contribution in [1.82, 2.24) is 9.97 Å². The van der Waals surface area contributed by atoms with Crippen LogP contribution >= 0.6 is 0 Å². The van der Waals surface area contributed by atoms with Gasteiger partial charge in [-0.25, -0.2) is 9.97 Å². The molecule has 3 aromatic rings. The van der Waals surface area contributed by atoms with E-state index in [1.807, 2.05) is 48.5 Å². The van der Waals surface area contributed by atoms with E-state index in [0.717, 1.165) is 11.4 Å². The molecule has 0 fully saturated rings. The second-order valence-electron chi connectivity index (χ2n) is 4.79. The molecule has 0 unspecified atom stereocenters. The van der Waals surface area contributed by atoms with Gasteiger partial charge >= 0.3 is 0 Å². The molecule has 3 rings (SSSR count). The minimum Gasteiger partial charge on any atom is -0.399 e. The molecule has 6 N–H and O–H groups in total. The molecular weight excluding hydrogens is 276 g/mol. The monoisotopic (exact) mass is 292 g/mol. The zero-order valence-corrected chi connectivity index (χ0v) is 11.8. The predicted molar refractivity (Wildman–Crippen MR) is 90.3 cm³/mol. The minimum atomic E-state index is 0.642. The van der Waals surface area contributed by atoms with E-state index in [9.17, 15) is 0 Å². The summed E-state index contributed by atoms with van der Waals surface area (Å²) in [5.41, 5.74) is 14.6. The van der Waals surface area contributed by atoms with E-state index in [4.69, 9.17) is 11.5 Å². The Kier molecular flexibility index (Phi) is 3.74. The van der Waals surface area contributed by atoms with Gasteiger partial charge in [-0.3, -0.25) is 0 Å². The van der Waals surface area contributed by atoms with Crippen LogP contribution in [0.15, 0.2) is 60.9 Å². The maximum atomic E-state index is 5.74. The summed E-state index contributed by atoms with van der Waals surface area (Å²) in [6.45, 7) is 0. The number of aromatic nitrogens is 2. The third-order valence-electron chi connectivity index (χ3n) is 2.97. The number of nitrogen functional groups attached to an aromatic ring is 2. The lowest BCUT2D eigenvalue weighted by molar-refractivity contribution is 1.19. The standard InChI is InChI=1S/C16H16N6/c17-11-3-1-5-13(7-11)21-15-9-20-16(10-19-15)22-14-6-2-4-12(18)8-14/h1-10H,17-18H2,(H,19,21)(H,20,22). The van der Waals surface area contributed by atoms with Gasteiger partial charge in [-0.2, -0.15) is 0 Å². The Balaban J connectivity index is 1.70. The second kappa shape index (κ2) is 6.01. The molecule has 6 heteroatoms. The molecule has 1 aromatic heterocycles. The number of rotatable bonds is 4. The second-order valence-corrected chi connectivity index (χ2v) is 4.79. The van der Waals surface area contributed by atoms with Crippen LogP contribution in [0, 0.1) is 0 Å². The summed E-state index contributed by atoms with van der Waals surface area (Å²) in [6, 6.07) is 14.9. The number of hydrogen-bond donors (Lipinski definition) is 4. The van der Waals surface area contributed by atoms with Crippen molar-refractivity contribution >= 4 is 34.4 Å². The summed E-state index contributed by atoms with van der Waals surface area (Å²) in [7, 11) is 0. The third kappa shape index (κ3) is 3.43. The van der Waals surface area contributed by atoms with E-state index in [1.165, 1.54) is 0 Å². The van der Waals surface area contributed by atoms with Crippen LogP contribution < -0.4 is 22.1 Å². The highest BCUT2D eigenvalue weighted by Gasteiger charge is 2.00. The Morgan fingerprint density at radius 1 is 0.682 bits per heavy atom. The van der Waals surface area contributed by atoms with Gasteiger partial charge in [0.05, 0.1) is 12.4 Å². The normalized spacial score (nSPS) is 10.2. The van der Waals surface area contributed by atoms with Crippen LogP contribution in [0.2, 0.25) is 0 Å². The maximum Gasteiger partial charge on any atom is 0.149 e. The van der Waals surface area contributed by atoms with Gasteiger partial charge in [0.15, 0.2) is 0 Å². The Hall–Kier alpha value is -3.28. The van der Waals surface area contributed by atoms with Crippen molar-refractivity contribution in [3.05, 3.63) is 60.9 Å². The van der Waals surface area contributed by atoms with E-state index in [2.05, 4.69) is 20.6 Å². The highest BCUT2D eigenvalue weighted by molar-refractivity contribution is 5.63. The lowest BCUT2D eigenvalue weighted by Gasteiger charge is -2.08. The first-order valence-corrected chi connectivity index (χ1v) is 6.76. The smallest absolute Gasteiger partial charge is 0.149 e. The van der Waals surface area contributed by atoms with Gasteiger partial charge in [0.2, 0.25) is 0 Å². The Morgan fingerprint density at radius 2 is 1.14 bits per heavy atom. The molecule has 0 bridgehead atoms. The van der Waals surface area contributed by atoms with E-state index in [0.29, 0.717) is 23.0 Å². The third-order valence-corrected chi connectivity index (χ3v) is 2.97. The number of nitrogens with zero attached hydrogens (tertiary/aromatic N) is 2. The molecular formula is C16H16N6.